The summed E-state index contributed by atoms with van der Waals surface area (Å²) in [4.78, 5) is 23.5. The van der Waals surface area contributed by atoms with Crippen LogP contribution in [0.5, 0.6) is 0 Å². The Labute approximate surface area is 224 Å². The number of piperidine rings is 1. The van der Waals surface area contributed by atoms with Crippen molar-refractivity contribution in [1.82, 2.24) is 24.6 Å². The van der Waals surface area contributed by atoms with Gasteiger partial charge in [0.15, 0.2) is 0 Å². The van der Waals surface area contributed by atoms with Crippen molar-refractivity contribution in [2.24, 2.45) is 13.0 Å². The third kappa shape index (κ3) is 4.24. The molecule has 4 aliphatic rings. The van der Waals surface area contributed by atoms with Crippen molar-refractivity contribution < 1.29 is 9.53 Å². The summed E-state index contributed by atoms with van der Waals surface area (Å²) >= 11 is 0. The first-order chi connectivity index (χ1) is 18.5. The summed E-state index contributed by atoms with van der Waals surface area (Å²) in [7, 11) is 1.98. The molecule has 0 bridgehead atoms. The number of carbonyl (C=O) groups is 1. The predicted molar refractivity (Wildman–Crippen MR) is 144 cm³/mol. The van der Waals surface area contributed by atoms with E-state index in [0.717, 1.165) is 60.3 Å². The van der Waals surface area contributed by atoms with E-state index in [0.29, 0.717) is 25.7 Å². The predicted octanol–water partition coefficient (Wildman–Crippen LogP) is 3.99. The van der Waals surface area contributed by atoms with E-state index in [-0.39, 0.29) is 11.3 Å². The molecule has 0 radical (unpaired) electrons. The molecule has 0 spiro atoms. The average Bonchev–Trinajstić information content (AvgIpc) is 3.58. The molecule has 3 aromatic rings. The summed E-state index contributed by atoms with van der Waals surface area (Å²) in [5.41, 5.74) is 6.20. The number of rotatable bonds is 7. The van der Waals surface area contributed by atoms with E-state index in [1.54, 1.807) is 6.33 Å². The number of benzene rings is 1. The van der Waals surface area contributed by atoms with Crippen LogP contribution in [-0.2, 0) is 36.7 Å². The second-order valence-electron chi connectivity index (χ2n) is 12.0. The van der Waals surface area contributed by atoms with Gasteiger partial charge in [0.2, 0.25) is 0 Å². The molecule has 5 heterocycles. The van der Waals surface area contributed by atoms with Crippen molar-refractivity contribution >= 4 is 11.6 Å². The Balaban J connectivity index is 1.17. The van der Waals surface area contributed by atoms with Gasteiger partial charge < -0.3 is 14.2 Å². The summed E-state index contributed by atoms with van der Waals surface area (Å²) in [5.74, 6) is 2.27. The van der Waals surface area contributed by atoms with E-state index < -0.39 is 0 Å². The molecule has 0 N–H and O–H groups in total. The first-order valence-electron chi connectivity index (χ1n) is 14.1. The van der Waals surface area contributed by atoms with Crippen LogP contribution in [0.1, 0.15) is 77.2 Å². The van der Waals surface area contributed by atoms with Gasteiger partial charge in [0.25, 0.3) is 5.91 Å². The Morgan fingerprint density at radius 3 is 2.74 bits per heavy atom. The second-order valence-corrected chi connectivity index (χ2v) is 12.0. The van der Waals surface area contributed by atoms with Crippen LogP contribution in [0.25, 0.3) is 0 Å². The molecule has 3 aliphatic heterocycles. The fraction of sp³-hybridized carbons (Fsp3) is 0.533. The van der Waals surface area contributed by atoms with Gasteiger partial charge in [0.1, 0.15) is 12.2 Å². The maximum atomic E-state index is 13.9. The number of carbonyl (C=O) groups excluding carboxylic acids is 1. The molecule has 0 unspecified atom stereocenters. The third-order valence-corrected chi connectivity index (χ3v) is 8.92. The molecule has 1 aromatic carbocycles. The highest BCUT2D eigenvalue weighted by atomic mass is 16.5. The molecule has 3 fully saturated rings. The molecule has 8 heteroatoms. The van der Waals surface area contributed by atoms with Crippen molar-refractivity contribution in [1.29, 1.82) is 0 Å². The van der Waals surface area contributed by atoms with E-state index in [1.165, 1.54) is 36.9 Å². The van der Waals surface area contributed by atoms with Gasteiger partial charge in [-0.1, -0.05) is 19.1 Å². The number of pyridine rings is 1. The van der Waals surface area contributed by atoms with Gasteiger partial charge >= 0.3 is 0 Å². The number of likely N-dealkylation sites (tertiary alicyclic amines) is 1. The molecule has 1 atom stereocenters. The minimum atomic E-state index is -0.147. The lowest BCUT2D eigenvalue weighted by Crippen LogP contribution is -2.49. The Morgan fingerprint density at radius 1 is 1.16 bits per heavy atom. The van der Waals surface area contributed by atoms with E-state index in [2.05, 4.69) is 52.4 Å². The molecular weight excluding hydrogens is 476 g/mol. The van der Waals surface area contributed by atoms with E-state index in [4.69, 9.17) is 9.72 Å². The first kappa shape index (κ1) is 24.0. The average molecular weight is 513 g/mol. The normalized spacial score (nSPS) is 22.9. The molecule has 38 heavy (non-hydrogen) atoms. The summed E-state index contributed by atoms with van der Waals surface area (Å²) in [6.07, 6.45) is 7.41. The van der Waals surface area contributed by atoms with Gasteiger partial charge in [-0.15, -0.1) is 10.2 Å². The molecule has 2 aromatic heterocycles. The number of hydrogen-bond acceptors (Lipinski definition) is 6. The zero-order valence-corrected chi connectivity index (χ0v) is 22.4. The van der Waals surface area contributed by atoms with E-state index in [9.17, 15) is 4.79 Å². The van der Waals surface area contributed by atoms with Crippen LogP contribution in [0.3, 0.4) is 0 Å². The minimum absolute atomic E-state index is 0.0990. The number of aromatic nitrogens is 4. The molecule has 1 saturated carbocycles. The van der Waals surface area contributed by atoms with Gasteiger partial charge in [0.05, 0.1) is 25.5 Å². The zero-order valence-electron chi connectivity index (χ0n) is 22.4. The SMILES string of the molecule is C[C@H]1CCCN(Cc2cc3c(c(C4CC4)n2)CN(c2cccc(C4(Cc5nncn5C)COC4)c2)C3=O)C1. The van der Waals surface area contributed by atoms with E-state index >= 15 is 0 Å². The van der Waals surface area contributed by atoms with Crippen LogP contribution in [0.2, 0.25) is 0 Å². The van der Waals surface area contributed by atoms with Gasteiger partial charge in [-0.05, 0) is 61.9 Å². The lowest BCUT2D eigenvalue weighted by atomic mass is 9.75. The maximum Gasteiger partial charge on any atom is 0.259 e. The van der Waals surface area contributed by atoms with Gasteiger partial charge in [-0.2, -0.15) is 0 Å². The molecule has 198 valence electrons. The lowest BCUT2D eigenvalue weighted by molar-refractivity contribution is -0.0611. The number of nitrogens with zero attached hydrogens (tertiary/aromatic N) is 6. The highest BCUT2D eigenvalue weighted by Gasteiger charge is 2.43. The summed E-state index contributed by atoms with van der Waals surface area (Å²) in [5, 5.41) is 8.37. The van der Waals surface area contributed by atoms with Crippen molar-refractivity contribution in [3.05, 3.63) is 70.6 Å². The van der Waals surface area contributed by atoms with Gasteiger partial charge in [0, 0.05) is 60.4 Å². The lowest BCUT2D eigenvalue weighted by Gasteiger charge is -2.42. The smallest absolute Gasteiger partial charge is 0.259 e. The van der Waals surface area contributed by atoms with Gasteiger partial charge in [-0.3, -0.25) is 14.7 Å². The molecular formula is C30H36N6O2. The molecule has 7 rings (SSSR count). The third-order valence-electron chi connectivity index (χ3n) is 8.92. The Kier molecular flexibility index (Phi) is 5.85. The monoisotopic (exact) mass is 512 g/mol. The number of fused-ring (bicyclic) bond motifs is 1. The summed E-state index contributed by atoms with van der Waals surface area (Å²) in [6.45, 7) is 7.30. The first-order valence-corrected chi connectivity index (χ1v) is 14.1. The van der Waals surface area contributed by atoms with Crippen molar-refractivity contribution in [2.45, 2.75) is 63.5 Å². The highest BCUT2D eigenvalue weighted by Crippen LogP contribution is 2.44. The standard InChI is InChI=1S/C30H36N6O2/c1-20-5-4-10-35(14-20)15-23-12-25-26(28(32-23)21-8-9-21)16-36(29(25)37)24-7-3-6-22(11-24)30(17-38-18-30)13-27-33-31-19-34(27)2/h3,6-7,11-12,19-21H,4-5,8-10,13-18H2,1-2H3/t20-/m0/s1. The largest absolute Gasteiger partial charge is 0.379 e. The van der Waals surface area contributed by atoms with Crippen LogP contribution >= 0.6 is 0 Å². The maximum absolute atomic E-state index is 13.9. The van der Waals surface area contributed by atoms with Crippen molar-refractivity contribution in [3.8, 4) is 0 Å². The molecule has 1 aliphatic carbocycles. The fourth-order valence-corrected chi connectivity index (χ4v) is 6.51. The van der Waals surface area contributed by atoms with Crippen molar-refractivity contribution in [2.75, 3.05) is 31.2 Å². The van der Waals surface area contributed by atoms with Crippen LogP contribution < -0.4 is 4.90 Å². The molecule has 2 saturated heterocycles. The Morgan fingerprint density at radius 2 is 2.03 bits per heavy atom. The Bertz CT molecular complexity index is 1370. The number of hydrogen-bond donors (Lipinski definition) is 0. The molecule has 1 amide bonds. The summed E-state index contributed by atoms with van der Waals surface area (Å²) in [6, 6.07) is 10.6. The van der Waals surface area contributed by atoms with Crippen LogP contribution in [0, 0.1) is 5.92 Å². The number of anilines is 1. The van der Waals surface area contributed by atoms with Gasteiger partial charge in [-0.25, -0.2) is 0 Å². The minimum Gasteiger partial charge on any atom is -0.379 e. The second kappa shape index (κ2) is 9.27. The quantitative estimate of drug-likeness (QED) is 0.477. The topological polar surface area (TPSA) is 76.4 Å². The zero-order chi connectivity index (χ0) is 25.9. The van der Waals surface area contributed by atoms with Crippen molar-refractivity contribution in [3.63, 3.8) is 0 Å². The fourth-order valence-electron chi connectivity index (χ4n) is 6.51. The highest BCUT2D eigenvalue weighted by molar-refractivity contribution is 6.10. The molecule has 8 nitrogen and oxygen atoms in total. The Hall–Kier alpha value is -3.10. The van der Waals surface area contributed by atoms with Crippen LogP contribution in [0.4, 0.5) is 5.69 Å². The van der Waals surface area contributed by atoms with Crippen LogP contribution in [0.15, 0.2) is 36.7 Å². The number of amides is 1. The number of aryl methyl sites for hydroxylation is 1. The number of ether oxygens (including phenoxy) is 1. The summed E-state index contributed by atoms with van der Waals surface area (Å²) < 4.78 is 7.67. The van der Waals surface area contributed by atoms with Crippen LogP contribution in [-0.4, -0.2) is 56.9 Å². The van der Waals surface area contributed by atoms with E-state index in [1.807, 2.05) is 16.5 Å².